The molecular weight excluding hydrogens is 277 g/mol. The summed E-state index contributed by atoms with van der Waals surface area (Å²) in [6.45, 7) is 6.28. The van der Waals surface area contributed by atoms with Crippen LogP contribution >= 0.6 is 0 Å². The van der Waals surface area contributed by atoms with E-state index in [2.05, 4.69) is 19.2 Å². The van der Waals surface area contributed by atoms with E-state index in [9.17, 15) is 13.2 Å². The first kappa shape index (κ1) is 17.4. The molecule has 1 aromatic rings. The third kappa shape index (κ3) is 5.66. The van der Waals surface area contributed by atoms with Crippen molar-refractivity contribution in [3.63, 3.8) is 0 Å². The first-order valence-electron chi connectivity index (χ1n) is 7.12. The summed E-state index contributed by atoms with van der Waals surface area (Å²) in [6, 6.07) is 5.17. The summed E-state index contributed by atoms with van der Waals surface area (Å²) < 4.78 is 37.8. The average molecular weight is 298 g/mol. The Bertz CT molecular complexity index is 501. The maximum atomic E-state index is 12.6. The van der Waals surface area contributed by atoms with E-state index in [4.69, 9.17) is 5.26 Å². The standard InChI is InChI=1S/C16H21F3N2/c1-11(2)5-4-6-12(3)21-15-8-7-14(16(17,18)19)9-13(15)10-20/h7-9,11-12,21H,4-6H2,1-3H3. The predicted octanol–water partition coefficient (Wildman–Crippen LogP) is 5.20. The normalized spacial score (nSPS) is 13.0. The van der Waals surface area contributed by atoms with Gasteiger partial charge in [0, 0.05) is 6.04 Å². The van der Waals surface area contributed by atoms with Gasteiger partial charge in [-0.15, -0.1) is 0 Å². The van der Waals surface area contributed by atoms with Crippen LogP contribution in [0, 0.1) is 17.2 Å². The summed E-state index contributed by atoms with van der Waals surface area (Å²) >= 11 is 0. The third-order valence-corrected chi connectivity index (χ3v) is 3.29. The molecule has 116 valence electrons. The van der Waals surface area contributed by atoms with Crippen LogP contribution in [0.5, 0.6) is 0 Å². The first-order chi connectivity index (χ1) is 9.74. The lowest BCUT2D eigenvalue weighted by Crippen LogP contribution is -2.16. The highest BCUT2D eigenvalue weighted by Gasteiger charge is 2.31. The topological polar surface area (TPSA) is 35.8 Å². The van der Waals surface area contributed by atoms with Gasteiger partial charge in [0.15, 0.2) is 0 Å². The van der Waals surface area contributed by atoms with Gasteiger partial charge in [-0.3, -0.25) is 0 Å². The molecule has 5 heteroatoms. The van der Waals surface area contributed by atoms with Crippen molar-refractivity contribution in [2.24, 2.45) is 5.92 Å². The second kappa shape index (κ2) is 7.35. The third-order valence-electron chi connectivity index (χ3n) is 3.29. The maximum Gasteiger partial charge on any atom is 0.416 e. The van der Waals surface area contributed by atoms with Crippen LogP contribution in [0.25, 0.3) is 0 Å². The van der Waals surface area contributed by atoms with Gasteiger partial charge in [-0.05, 0) is 37.5 Å². The molecule has 0 saturated carbocycles. The molecule has 0 fully saturated rings. The number of hydrogen-bond donors (Lipinski definition) is 1. The van der Waals surface area contributed by atoms with Gasteiger partial charge >= 0.3 is 6.18 Å². The Labute approximate surface area is 124 Å². The van der Waals surface area contributed by atoms with Gasteiger partial charge in [-0.25, -0.2) is 0 Å². The quantitative estimate of drug-likeness (QED) is 0.783. The highest BCUT2D eigenvalue weighted by atomic mass is 19.4. The second-order valence-corrected chi connectivity index (χ2v) is 5.74. The molecule has 2 nitrogen and oxygen atoms in total. The molecule has 0 amide bonds. The fraction of sp³-hybridized carbons (Fsp3) is 0.562. The van der Waals surface area contributed by atoms with Crippen molar-refractivity contribution >= 4 is 5.69 Å². The molecule has 1 unspecified atom stereocenters. The number of anilines is 1. The fourth-order valence-corrected chi connectivity index (χ4v) is 2.11. The highest BCUT2D eigenvalue weighted by molar-refractivity contribution is 5.59. The Kier molecular flexibility index (Phi) is 6.07. The van der Waals surface area contributed by atoms with Crippen molar-refractivity contribution in [2.75, 3.05) is 5.32 Å². The van der Waals surface area contributed by atoms with Gasteiger partial charge in [-0.2, -0.15) is 18.4 Å². The van der Waals surface area contributed by atoms with Crippen molar-refractivity contribution in [3.8, 4) is 6.07 Å². The molecule has 21 heavy (non-hydrogen) atoms. The van der Waals surface area contributed by atoms with Crippen LogP contribution in [0.3, 0.4) is 0 Å². The van der Waals surface area contributed by atoms with Crippen molar-refractivity contribution in [3.05, 3.63) is 29.3 Å². The Morgan fingerprint density at radius 2 is 1.86 bits per heavy atom. The predicted molar refractivity (Wildman–Crippen MR) is 77.9 cm³/mol. The van der Waals surface area contributed by atoms with E-state index in [0.717, 1.165) is 31.4 Å². The minimum Gasteiger partial charge on any atom is -0.382 e. The van der Waals surface area contributed by atoms with Gasteiger partial charge in [0.25, 0.3) is 0 Å². The Morgan fingerprint density at radius 1 is 1.19 bits per heavy atom. The largest absolute Gasteiger partial charge is 0.416 e. The van der Waals surface area contributed by atoms with E-state index in [-0.39, 0.29) is 11.6 Å². The number of nitrogens with one attached hydrogen (secondary N) is 1. The monoisotopic (exact) mass is 298 g/mol. The van der Waals surface area contributed by atoms with Gasteiger partial charge in [-0.1, -0.05) is 26.7 Å². The van der Waals surface area contributed by atoms with Crippen LogP contribution in [0.4, 0.5) is 18.9 Å². The van der Waals surface area contributed by atoms with Crippen molar-refractivity contribution < 1.29 is 13.2 Å². The van der Waals surface area contributed by atoms with E-state index in [1.165, 1.54) is 6.07 Å². The summed E-state index contributed by atoms with van der Waals surface area (Å²) in [5.41, 5.74) is -0.305. The van der Waals surface area contributed by atoms with Gasteiger partial charge in [0.2, 0.25) is 0 Å². The SMILES string of the molecule is CC(C)CCCC(C)Nc1ccc(C(F)(F)F)cc1C#N. The molecule has 0 aromatic heterocycles. The van der Waals surface area contributed by atoms with E-state index >= 15 is 0 Å². The van der Waals surface area contributed by atoms with Crippen LogP contribution in [-0.2, 0) is 6.18 Å². The molecule has 0 aliphatic rings. The first-order valence-corrected chi connectivity index (χ1v) is 7.12. The summed E-state index contributed by atoms with van der Waals surface area (Å²) in [4.78, 5) is 0. The molecule has 0 saturated heterocycles. The summed E-state index contributed by atoms with van der Waals surface area (Å²) in [5, 5.41) is 12.1. The van der Waals surface area contributed by atoms with Crippen molar-refractivity contribution in [1.29, 1.82) is 5.26 Å². The molecule has 0 spiro atoms. The molecular formula is C16H21F3N2. The van der Waals surface area contributed by atoms with Crippen molar-refractivity contribution in [2.45, 2.75) is 52.3 Å². The van der Waals surface area contributed by atoms with E-state index in [0.29, 0.717) is 11.6 Å². The van der Waals surface area contributed by atoms with E-state index in [1.54, 1.807) is 0 Å². The second-order valence-electron chi connectivity index (χ2n) is 5.74. The zero-order chi connectivity index (χ0) is 16.0. The maximum absolute atomic E-state index is 12.6. The Hall–Kier alpha value is -1.70. The van der Waals surface area contributed by atoms with Crippen LogP contribution in [-0.4, -0.2) is 6.04 Å². The molecule has 1 N–H and O–H groups in total. The minimum absolute atomic E-state index is 0.0283. The number of hydrogen-bond acceptors (Lipinski definition) is 2. The summed E-state index contributed by atoms with van der Waals surface area (Å²) in [5.74, 6) is 0.637. The minimum atomic E-state index is -4.42. The molecule has 1 aromatic carbocycles. The lowest BCUT2D eigenvalue weighted by Gasteiger charge is -2.17. The fourth-order valence-electron chi connectivity index (χ4n) is 2.11. The zero-order valence-electron chi connectivity index (χ0n) is 12.6. The average Bonchev–Trinajstić information content (AvgIpc) is 2.37. The number of benzene rings is 1. The van der Waals surface area contributed by atoms with Gasteiger partial charge < -0.3 is 5.32 Å². The van der Waals surface area contributed by atoms with Crippen LogP contribution in [0.1, 0.15) is 51.2 Å². The van der Waals surface area contributed by atoms with Crippen molar-refractivity contribution in [1.82, 2.24) is 0 Å². The molecule has 0 bridgehead atoms. The van der Waals surface area contributed by atoms with E-state index < -0.39 is 11.7 Å². The lowest BCUT2D eigenvalue weighted by atomic mass is 10.0. The molecule has 1 atom stereocenters. The molecule has 0 radical (unpaired) electrons. The molecule has 0 heterocycles. The number of halogens is 3. The summed E-state index contributed by atoms with van der Waals surface area (Å²) in [6.07, 6.45) is -1.34. The summed E-state index contributed by atoms with van der Waals surface area (Å²) in [7, 11) is 0. The van der Waals surface area contributed by atoms with Crippen LogP contribution < -0.4 is 5.32 Å². The number of rotatable bonds is 6. The highest BCUT2D eigenvalue weighted by Crippen LogP contribution is 2.31. The zero-order valence-corrected chi connectivity index (χ0v) is 12.6. The van der Waals surface area contributed by atoms with Crippen LogP contribution in [0.2, 0.25) is 0 Å². The van der Waals surface area contributed by atoms with Crippen LogP contribution in [0.15, 0.2) is 18.2 Å². The molecule has 0 aliphatic heterocycles. The Balaban J connectivity index is 2.73. The molecule has 0 aliphatic carbocycles. The lowest BCUT2D eigenvalue weighted by molar-refractivity contribution is -0.137. The number of alkyl halides is 3. The Morgan fingerprint density at radius 3 is 2.38 bits per heavy atom. The van der Waals surface area contributed by atoms with Gasteiger partial charge in [0.1, 0.15) is 6.07 Å². The van der Waals surface area contributed by atoms with E-state index in [1.807, 2.05) is 13.0 Å². The number of nitrogens with zero attached hydrogens (tertiary/aromatic N) is 1. The smallest absolute Gasteiger partial charge is 0.382 e. The number of nitriles is 1. The van der Waals surface area contributed by atoms with Gasteiger partial charge in [0.05, 0.1) is 16.8 Å². The molecule has 1 rings (SSSR count).